The molecular formula is C13H15FN4O2. The lowest BCUT2D eigenvalue weighted by atomic mass is 10.2. The quantitative estimate of drug-likeness (QED) is 0.673. The Kier molecular flexibility index (Phi) is 3.97. The molecule has 1 N–H and O–H groups in total. The molecule has 1 heterocycles. The maximum atomic E-state index is 13.4. The number of nitro groups is 1. The second-order valence-corrected chi connectivity index (χ2v) is 4.70. The Morgan fingerprint density at radius 2 is 2.25 bits per heavy atom. The van der Waals surface area contributed by atoms with Gasteiger partial charge >= 0.3 is 5.69 Å². The van der Waals surface area contributed by atoms with E-state index in [2.05, 4.69) is 10.4 Å². The third-order valence-corrected chi connectivity index (χ3v) is 2.83. The minimum atomic E-state index is -0.849. The Hall–Kier alpha value is -2.44. The van der Waals surface area contributed by atoms with Crippen molar-refractivity contribution in [1.29, 1.82) is 0 Å². The highest BCUT2D eigenvalue weighted by molar-refractivity contribution is 5.49. The van der Waals surface area contributed by atoms with E-state index < -0.39 is 16.4 Å². The van der Waals surface area contributed by atoms with Crippen LogP contribution in [0.1, 0.15) is 25.5 Å². The lowest BCUT2D eigenvalue weighted by molar-refractivity contribution is -0.387. The van der Waals surface area contributed by atoms with Gasteiger partial charge in [-0.15, -0.1) is 0 Å². The summed E-state index contributed by atoms with van der Waals surface area (Å²) < 4.78 is 15.3. The molecule has 106 valence electrons. The van der Waals surface area contributed by atoms with Crippen LogP contribution in [0.4, 0.5) is 15.8 Å². The van der Waals surface area contributed by atoms with Crippen LogP contribution in [0.25, 0.3) is 0 Å². The topological polar surface area (TPSA) is 73.0 Å². The summed E-state index contributed by atoms with van der Waals surface area (Å²) in [5.74, 6) is -0.849. The lowest BCUT2D eigenvalue weighted by Gasteiger charge is -2.05. The van der Waals surface area contributed by atoms with Crippen molar-refractivity contribution in [2.45, 2.75) is 26.4 Å². The first kappa shape index (κ1) is 14.0. The normalized spacial score (nSPS) is 10.8. The minimum absolute atomic E-state index is 0.278. The van der Waals surface area contributed by atoms with Crippen molar-refractivity contribution in [1.82, 2.24) is 9.78 Å². The van der Waals surface area contributed by atoms with E-state index in [9.17, 15) is 14.5 Å². The first-order valence-corrected chi connectivity index (χ1v) is 6.18. The monoisotopic (exact) mass is 278 g/mol. The van der Waals surface area contributed by atoms with Crippen molar-refractivity contribution in [3.8, 4) is 0 Å². The smallest absolute Gasteiger partial charge is 0.304 e. The number of halogens is 1. The van der Waals surface area contributed by atoms with Gasteiger partial charge in [0.05, 0.1) is 11.1 Å². The van der Waals surface area contributed by atoms with E-state index in [-0.39, 0.29) is 6.04 Å². The summed E-state index contributed by atoms with van der Waals surface area (Å²) in [6.45, 7) is 4.52. The summed E-state index contributed by atoms with van der Waals surface area (Å²) in [4.78, 5) is 9.77. The van der Waals surface area contributed by atoms with E-state index in [4.69, 9.17) is 0 Å². The van der Waals surface area contributed by atoms with Gasteiger partial charge in [-0.3, -0.25) is 14.8 Å². The minimum Gasteiger partial charge on any atom is -0.381 e. The van der Waals surface area contributed by atoms with E-state index >= 15 is 0 Å². The molecule has 20 heavy (non-hydrogen) atoms. The van der Waals surface area contributed by atoms with Crippen molar-refractivity contribution >= 4 is 11.4 Å². The highest BCUT2D eigenvalue weighted by Crippen LogP contribution is 2.21. The predicted molar refractivity (Wildman–Crippen MR) is 73.0 cm³/mol. The first-order valence-electron chi connectivity index (χ1n) is 6.18. The van der Waals surface area contributed by atoms with Gasteiger partial charge in [0.1, 0.15) is 0 Å². The van der Waals surface area contributed by atoms with E-state index in [0.717, 1.165) is 17.7 Å². The molecule has 0 amide bonds. The van der Waals surface area contributed by atoms with Gasteiger partial charge in [-0.05, 0) is 19.9 Å². The fraction of sp³-hybridized carbons (Fsp3) is 0.308. The Morgan fingerprint density at radius 3 is 2.80 bits per heavy atom. The summed E-state index contributed by atoms with van der Waals surface area (Å²) >= 11 is 0. The molecule has 0 aliphatic heterocycles. The number of benzene rings is 1. The Bertz CT molecular complexity index is 625. The number of nitro benzene ring substituents is 1. The number of aromatic nitrogens is 2. The van der Waals surface area contributed by atoms with Crippen LogP contribution in [-0.4, -0.2) is 14.7 Å². The summed E-state index contributed by atoms with van der Waals surface area (Å²) in [6, 6.07) is 4.02. The molecule has 7 heteroatoms. The van der Waals surface area contributed by atoms with Gasteiger partial charge in [0, 0.05) is 42.2 Å². The second kappa shape index (κ2) is 5.68. The molecule has 0 saturated carbocycles. The molecule has 6 nitrogen and oxygen atoms in total. The molecule has 0 bridgehead atoms. The molecule has 0 aliphatic carbocycles. The van der Waals surface area contributed by atoms with Gasteiger partial charge < -0.3 is 5.32 Å². The van der Waals surface area contributed by atoms with Crippen molar-refractivity contribution in [3.63, 3.8) is 0 Å². The highest BCUT2D eigenvalue weighted by Gasteiger charge is 2.13. The molecule has 0 atom stereocenters. The van der Waals surface area contributed by atoms with Gasteiger partial charge in [-0.2, -0.15) is 9.49 Å². The molecule has 1 aromatic heterocycles. The molecule has 0 unspecified atom stereocenters. The molecule has 0 saturated heterocycles. The van der Waals surface area contributed by atoms with Crippen LogP contribution in [0.5, 0.6) is 0 Å². The number of hydrogen-bond donors (Lipinski definition) is 1. The fourth-order valence-electron chi connectivity index (χ4n) is 1.72. The third-order valence-electron chi connectivity index (χ3n) is 2.83. The lowest BCUT2D eigenvalue weighted by Crippen LogP contribution is -2.01. The summed E-state index contributed by atoms with van der Waals surface area (Å²) in [5, 5.41) is 17.7. The fourth-order valence-corrected chi connectivity index (χ4v) is 1.72. The molecule has 0 radical (unpaired) electrons. The molecule has 1 aromatic carbocycles. The summed E-state index contributed by atoms with van der Waals surface area (Å²) in [6.07, 6.45) is 3.63. The molecule has 0 fully saturated rings. The summed E-state index contributed by atoms with van der Waals surface area (Å²) in [5.41, 5.74) is 0.922. The van der Waals surface area contributed by atoms with Crippen molar-refractivity contribution in [2.75, 3.05) is 5.32 Å². The second-order valence-electron chi connectivity index (χ2n) is 4.70. The van der Waals surface area contributed by atoms with Gasteiger partial charge in [-0.1, -0.05) is 0 Å². The molecule has 2 aromatic rings. The van der Waals surface area contributed by atoms with Crippen LogP contribution in [-0.2, 0) is 6.54 Å². The third kappa shape index (κ3) is 3.11. The van der Waals surface area contributed by atoms with Crippen molar-refractivity contribution in [2.24, 2.45) is 0 Å². The van der Waals surface area contributed by atoms with Crippen LogP contribution in [0.3, 0.4) is 0 Å². The number of rotatable bonds is 5. The maximum Gasteiger partial charge on any atom is 0.304 e. The number of nitrogens with one attached hydrogen (secondary N) is 1. The SMILES string of the molecule is CC(C)n1cc(CNc2ccc([N+](=O)[O-])c(F)c2)cn1. The van der Waals surface area contributed by atoms with Crippen LogP contribution in [0.2, 0.25) is 0 Å². The Morgan fingerprint density at radius 1 is 1.50 bits per heavy atom. The zero-order chi connectivity index (χ0) is 14.7. The standard InChI is InChI=1S/C13H15FN4O2/c1-9(2)17-8-10(7-16-17)6-15-11-3-4-13(18(19)20)12(14)5-11/h3-5,7-9,15H,6H2,1-2H3. The molecule has 0 spiro atoms. The average Bonchev–Trinajstić information content (AvgIpc) is 2.85. The van der Waals surface area contributed by atoms with Gasteiger partial charge in [0.15, 0.2) is 0 Å². The van der Waals surface area contributed by atoms with E-state index in [0.29, 0.717) is 12.2 Å². The van der Waals surface area contributed by atoms with Crippen LogP contribution >= 0.6 is 0 Å². The number of hydrogen-bond acceptors (Lipinski definition) is 4. The average molecular weight is 278 g/mol. The van der Waals surface area contributed by atoms with E-state index in [1.165, 1.54) is 6.07 Å². The maximum absolute atomic E-state index is 13.4. The predicted octanol–water partition coefficient (Wildman–Crippen LogP) is 3.12. The molecule has 0 aliphatic rings. The molecular weight excluding hydrogens is 263 g/mol. The summed E-state index contributed by atoms with van der Waals surface area (Å²) in [7, 11) is 0. The zero-order valence-corrected chi connectivity index (χ0v) is 11.2. The van der Waals surface area contributed by atoms with Crippen molar-refractivity contribution in [3.05, 3.63) is 52.1 Å². The zero-order valence-electron chi connectivity index (χ0n) is 11.2. The Balaban J connectivity index is 2.03. The molecule has 2 rings (SSSR count). The van der Waals surface area contributed by atoms with Gasteiger partial charge in [0.2, 0.25) is 5.82 Å². The Labute approximate surface area is 115 Å². The van der Waals surface area contributed by atoms with Crippen molar-refractivity contribution < 1.29 is 9.31 Å². The van der Waals surface area contributed by atoms with Crippen LogP contribution in [0.15, 0.2) is 30.6 Å². The largest absolute Gasteiger partial charge is 0.381 e. The number of nitrogens with zero attached hydrogens (tertiary/aromatic N) is 3. The van der Waals surface area contributed by atoms with Gasteiger partial charge in [-0.25, -0.2) is 0 Å². The van der Waals surface area contributed by atoms with Crippen LogP contribution < -0.4 is 5.32 Å². The van der Waals surface area contributed by atoms with Crippen LogP contribution in [0, 0.1) is 15.9 Å². The van der Waals surface area contributed by atoms with E-state index in [1.54, 1.807) is 6.20 Å². The first-order chi connectivity index (χ1) is 9.47. The highest BCUT2D eigenvalue weighted by atomic mass is 19.1. The van der Waals surface area contributed by atoms with Gasteiger partial charge in [0.25, 0.3) is 0 Å². The van der Waals surface area contributed by atoms with E-state index in [1.807, 2.05) is 24.7 Å². The number of anilines is 1.